The predicted octanol–water partition coefficient (Wildman–Crippen LogP) is -0.0628. The van der Waals surface area contributed by atoms with Crippen molar-refractivity contribution in [3.8, 4) is 0 Å². The van der Waals surface area contributed by atoms with Crippen molar-refractivity contribution in [1.82, 2.24) is 5.16 Å². The molecule has 6 nitrogen and oxygen atoms in total. The van der Waals surface area contributed by atoms with Gasteiger partial charge in [0.1, 0.15) is 5.69 Å². The number of aliphatic hydroxyl groups excluding tert-OH is 1. The van der Waals surface area contributed by atoms with Gasteiger partial charge in [-0.05, 0) is 6.92 Å². The zero-order chi connectivity index (χ0) is 10.0. The van der Waals surface area contributed by atoms with Crippen molar-refractivity contribution in [2.45, 2.75) is 19.4 Å². The summed E-state index contributed by atoms with van der Waals surface area (Å²) < 4.78 is 4.56. The number of aromatic nitrogens is 1. The molecule has 0 fully saturated rings. The minimum absolute atomic E-state index is 0.0565. The van der Waals surface area contributed by atoms with Gasteiger partial charge in [0.25, 0.3) is 0 Å². The topological polar surface area (TPSA) is 110 Å². The van der Waals surface area contributed by atoms with Crippen LogP contribution in [0, 0.1) is 0 Å². The number of nitrogens with two attached hydrogens (primary N) is 1. The molecule has 72 valence electrons. The predicted molar refractivity (Wildman–Crippen MR) is 42.9 cm³/mol. The first-order chi connectivity index (χ1) is 6.07. The van der Waals surface area contributed by atoms with Crippen molar-refractivity contribution in [2.24, 2.45) is 0 Å². The molecule has 1 aromatic heterocycles. The Labute approximate surface area is 73.9 Å². The molecule has 0 aromatic carbocycles. The van der Waals surface area contributed by atoms with Crippen LogP contribution in [-0.2, 0) is 11.4 Å². The maximum absolute atomic E-state index is 10.6. The summed E-state index contributed by atoms with van der Waals surface area (Å²) in [5.74, 6) is -1.92. The summed E-state index contributed by atoms with van der Waals surface area (Å²) in [6.45, 7) is 1.07. The smallest absolute Gasteiger partial charge is 0.310 e. The molecule has 0 radical (unpaired) electrons. The SMILES string of the molecule is CC(C(=O)O)c1c(CO)noc1N. The third kappa shape index (κ3) is 1.62. The Morgan fingerprint density at radius 2 is 2.38 bits per heavy atom. The van der Waals surface area contributed by atoms with Gasteiger partial charge in [-0.25, -0.2) is 0 Å². The molecule has 0 amide bonds. The lowest BCUT2D eigenvalue weighted by Gasteiger charge is -2.04. The number of hydrogen-bond acceptors (Lipinski definition) is 5. The fraction of sp³-hybridized carbons (Fsp3) is 0.429. The average molecular weight is 186 g/mol. The van der Waals surface area contributed by atoms with Gasteiger partial charge in [0, 0.05) is 0 Å². The quantitative estimate of drug-likeness (QED) is 0.609. The number of hydrogen-bond donors (Lipinski definition) is 3. The Morgan fingerprint density at radius 3 is 2.85 bits per heavy atom. The van der Waals surface area contributed by atoms with Crippen LogP contribution < -0.4 is 5.73 Å². The third-order valence-electron chi connectivity index (χ3n) is 1.78. The lowest BCUT2D eigenvalue weighted by Crippen LogP contribution is -2.10. The maximum Gasteiger partial charge on any atom is 0.310 e. The molecule has 6 heteroatoms. The van der Waals surface area contributed by atoms with E-state index < -0.39 is 11.9 Å². The van der Waals surface area contributed by atoms with Crippen molar-refractivity contribution in [3.63, 3.8) is 0 Å². The Bertz CT molecular complexity index is 320. The standard InChI is InChI=1S/C7H10N2O4/c1-3(7(11)12)5-4(2-10)9-13-6(5)8/h3,10H,2,8H2,1H3,(H,11,12). The van der Waals surface area contributed by atoms with Gasteiger partial charge >= 0.3 is 5.97 Å². The van der Waals surface area contributed by atoms with Gasteiger partial charge in [0.15, 0.2) is 0 Å². The highest BCUT2D eigenvalue weighted by molar-refractivity contribution is 5.77. The van der Waals surface area contributed by atoms with Crippen LogP contribution in [0.4, 0.5) is 5.88 Å². The number of rotatable bonds is 3. The van der Waals surface area contributed by atoms with Crippen molar-refractivity contribution in [3.05, 3.63) is 11.3 Å². The van der Waals surface area contributed by atoms with Crippen molar-refractivity contribution < 1.29 is 19.5 Å². The van der Waals surface area contributed by atoms with E-state index in [-0.39, 0.29) is 23.7 Å². The molecular weight excluding hydrogens is 176 g/mol. The molecule has 13 heavy (non-hydrogen) atoms. The van der Waals surface area contributed by atoms with Crippen molar-refractivity contribution in [1.29, 1.82) is 0 Å². The van der Waals surface area contributed by atoms with E-state index in [0.717, 1.165) is 0 Å². The van der Waals surface area contributed by atoms with Crippen LogP contribution in [0.3, 0.4) is 0 Å². The minimum Gasteiger partial charge on any atom is -0.481 e. The highest BCUT2D eigenvalue weighted by Crippen LogP contribution is 2.25. The molecule has 1 unspecified atom stereocenters. The van der Waals surface area contributed by atoms with Crippen LogP contribution in [0.2, 0.25) is 0 Å². The Hall–Kier alpha value is -1.56. The molecule has 4 N–H and O–H groups in total. The summed E-state index contributed by atoms with van der Waals surface area (Å²) >= 11 is 0. The summed E-state index contributed by atoms with van der Waals surface area (Å²) in [4.78, 5) is 10.6. The van der Waals surface area contributed by atoms with Crippen LogP contribution >= 0.6 is 0 Å². The fourth-order valence-corrected chi connectivity index (χ4v) is 1.05. The van der Waals surface area contributed by atoms with Crippen LogP contribution in [0.25, 0.3) is 0 Å². The number of anilines is 1. The molecule has 0 saturated heterocycles. The summed E-state index contributed by atoms with van der Waals surface area (Å²) in [5, 5.41) is 20.9. The van der Waals surface area contributed by atoms with Gasteiger partial charge in [0.05, 0.1) is 18.1 Å². The number of carboxylic acids is 1. The molecule has 0 aliphatic rings. The molecule has 0 spiro atoms. The first kappa shape index (κ1) is 9.53. The molecule has 0 aliphatic carbocycles. The van der Waals surface area contributed by atoms with Crippen LogP contribution in [-0.4, -0.2) is 21.3 Å². The number of carboxylic acid groups (broad SMARTS) is 1. The van der Waals surface area contributed by atoms with E-state index in [9.17, 15) is 4.79 Å². The molecule has 1 heterocycles. The van der Waals surface area contributed by atoms with Gasteiger partial charge in [0.2, 0.25) is 5.88 Å². The second-order valence-corrected chi connectivity index (χ2v) is 2.63. The Kier molecular flexibility index (Phi) is 2.52. The lowest BCUT2D eigenvalue weighted by molar-refractivity contribution is -0.138. The molecule has 0 aliphatic heterocycles. The molecule has 0 bridgehead atoms. The number of nitrogen functional groups attached to an aromatic ring is 1. The maximum atomic E-state index is 10.6. The van der Waals surface area contributed by atoms with Gasteiger partial charge in [-0.1, -0.05) is 5.16 Å². The normalized spacial score (nSPS) is 12.8. The summed E-state index contributed by atoms with van der Waals surface area (Å²) in [7, 11) is 0. The van der Waals surface area contributed by atoms with E-state index in [0.29, 0.717) is 0 Å². The van der Waals surface area contributed by atoms with Gasteiger partial charge in [-0.3, -0.25) is 4.79 Å². The van der Waals surface area contributed by atoms with E-state index in [1.807, 2.05) is 0 Å². The monoisotopic (exact) mass is 186 g/mol. The highest BCUT2D eigenvalue weighted by atomic mass is 16.5. The summed E-state index contributed by atoms with van der Waals surface area (Å²) in [6, 6.07) is 0. The average Bonchev–Trinajstić information content (AvgIpc) is 2.45. The Balaban J connectivity index is 3.10. The third-order valence-corrected chi connectivity index (χ3v) is 1.78. The number of aliphatic hydroxyl groups is 1. The van der Waals surface area contributed by atoms with E-state index in [2.05, 4.69) is 9.68 Å². The summed E-state index contributed by atoms with van der Waals surface area (Å²) in [5.41, 5.74) is 5.77. The minimum atomic E-state index is -1.04. The summed E-state index contributed by atoms with van der Waals surface area (Å²) in [6.07, 6.45) is 0. The van der Waals surface area contributed by atoms with Crippen LogP contribution in [0.1, 0.15) is 24.1 Å². The highest BCUT2D eigenvalue weighted by Gasteiger charge is 2.24. The second-order valence-electron chi connectivity index (χ2n) is 2.63. The number of aliphatic carboxylic acids is 1. The molecule has 1 rings (SSSR count). The van der Waals surface area contributed by atoms with E-state index in [1.165, 1.54) is 6.92 Å². The Morgan fingerprint density at radius 1 is 1.77 bits per heavy atom. The van der Waals surface area contributed by atoms with E-state index >= 15 is 0 Å². The van der Waals surface area contributed by atoms with Gasteiger partial charge < -0.3 is 20.5 Å². The first-order valence-corrected chi connectivity index (χ1v) is 3.65. The molecule has 1 aromatic rings. The number of carbonyl (C=O) groups is 1. The van der Waals surface area contributed by atoms with Gasteiger partial charge in [-0.15, -0.1) is 0 Å². The van der Waals surface area contributed by atoms with Gasteiger partial charge in [-0.2, -0.15) is 0 Å². The zero-order valence-electron chi connectivity index (χ0n) is 7.02. The number of nitrogens with zero attached hydrogens (tertiary/aromatic N) is 1. The van der Waals surface area contributed by atoms with E-state index in [1.54, 1.807) is 0 Å². The largest absolute Gasteiger partial charge is 0.481 e. The fourth-order valence-electron chi connectivity index (χ4n) is 1.05. The lowest BCUT2D eigenvalue weighted by atomic mass is 10.0. The van der Waals surface area contributed by atoms with Crippen LogP contribution in [0.15, 0.2) is 4.52 Å². The van der Waals surface area contributed by atoms with Crippen molar-refractivity contribution in [2.75, 3.05) is 5.73 Å². The zero-order valence-corrected chi connectivity index (χ0v) is 7.02. The van der Waals surface area contributed by atoms with Crippen molar-refractivity contribution >= 4 is 11.9 Å². The van der Waals surface area contributed by atoms with Crippen LogP contribution in [0.5, 0.6) is 0 Å². The molecular formula is C7H10N2O4. The molecule has 0 saturated carbocycles. The first-order valence-electron chi connectivity index (χ1n) is 3.65. The molecule has 1 atom stereocenters. The second kappa shape index (κ2) is 3.44. The van der Waals surface area contributed by atoms with E-state index in [4.69, 9.17) is 15.9 Å².